The van der Waals surface area contributed by atoms with Crippen LogP contribution in [0.5, 0.6) is 5.75 Å². The molecule has 0 atom stereocenters. The Kier molecular flexibility index (Phi) is 6.09. The van der Waals surface area contributed by atoms with E-state index in [2.05, 4.69) is 17.2 Å². The molecule has 2 aromatic carbocycles. The van der Waals surface area contributed by atoms with Crippen molar-refractivity contribution < 1.29 is 9.53 Å². The molecular weight excluding hydrogens is 398 g/mol. The van der Waals surface area contributed by atoms with E-state index in [1.165, 1.54) is 0 Å². The molecule has 0 N–H and O–H groups in total. The van der Waals surface area contributed by atoms with Gasteiger partial charge in [-0.15, -0.1) is 6.58 Å². The van der Waals surface area contributed by atoms with Gasteiger partial charge in [-0.1, -0.05) is 42.7 Å². The number of hydrogen-bond donors (Lipinski definition) is 0. The highest BCUT2D eigenvalue weighted by Gasteiger charge is 2.29. The molecular formula is C24H26ClN3O2. The van der Waals surface area contributed by atoms with Crippen molar-refractivity contribution in [1.29, 1.82) is 0 Å². The Labute approximate surface area is 181 Å². The standard InChI is InChI=1S/C24H26ClN3O2/c1-3-14-27-21-11-7-6-10-20(21)26-23(27)16-28(18-8-4-5-9-18)24(29)17-12-13-22(30-2)19(25)15-17/h3,6-7,10-13,15,18H,1,4-5,8-9,14,16H2,2H3. The Morgan fingerprint density at radius 2 is 2.07 bits per heavy atom. The van der Waals surface area contributed by atoms with Crippen molar-refractivity contribution in [3.05, 3.63) is 71.5 Å². The first kappa shape index (κ1) is 20.5. The summed E-state index contributed by atoms with van der Waals surface area (Å²) in [4.78, 5) is 20.3. The van der Waals surface area contributed by atoms with E-state index in [0.29, 0.717) is 29.4 Å². The molecule has 1 heterocycles. The van der Waals surface area contributed by atoms with Crippen LogP contribution >= 0.6 is 11.6 Å². The number of imidazole rings is 1. The lowest BCUT2D eigenvalue weighted by Gasteiger charge is -2.29. The number of benzene rings is 2. The topological polar surface area (TPSA) is 47.4 Å². The van der Waals surface area contributed by atoms with Gasteiger partial charge in [0.1, 0.15) is 11.6 Å². The SMILES string of the molecule is C=CCn1c(CN(C(=O)c2ccc(OC)c(Cl)c2)C2CCCC2)nc2ccccc21. The highest BCUT2D eigenvalue weighted by molar-refractivity contribution is 6.32. The van der Waals surface area contributed by atoms with E-state index >= 15 is 0 Å². The number of nitrogens with zero attached hydrogens (tertiary/aromatic N) is 3. The van der Waals surface area contributed by atoms with Gasteiger partial charge in [-0.3, -0.25) is 4.79 Å². The maximum atomic E-state index is 13.5. The van der Waals surface area contributed by atoms with Gasteiger partial charge >= 0.3 is 0 Å². The number of aromatic nitrogens is 2. The van der Waals surface area contributed by atoms with Crippen molar-refractivity contribution in [2.45, 2.75) is 44.8 Å². The van der Waals surface area contributed by atoms with E-state index in [9.17, 15) is 4.79 Å². The second kappa shape index (κ2) is 8.92. The lowest BCUT2D eigenvalue weighted by atomic mass is 10.1. The number of allylic oxidation sites excluding steroid dienone is 1. The molecule has 1 aliphatic rings. The third kappa shape index (κ3) is 3.94. The van der Waals surface area contributed by atoms with Crippen LogP contribution in [-0.4, -0.2) is 33.5 Å². The van der Waals surface area contributed by atoms with Gasteiger partial charge in [-0.05, 0) is 43.2 Å². The fraction of sp³-hybridized carbons (Fsp3) is 0.333. The summed E-state index contributed by atoms with van der Waals surface area (Å²) in [5, 5.41) is 0.439. The number of amides is 1. The third-order valence-corrected chi connectivity index (χ3v) is 6.08. The zero-order valence-corrected chi connectivity index (χ0v) is 17.9. The van der Waals surface area contributed by atoms with Crippen molar-refractivity contribution in [3.63, 3.8) is 0 Å². The van der Waals surface area contributed by atoms with Crippen LogP contribution in [0.4, 0.5) is 0 Å². The number of rotatable bonds is 7. The highest BCUT2D eigenvalue weighted by Crippen LogP contribution is 2.30. The Morgan fingerprint density at radius 3 is 2.77 bits per heavy atom. The molecule has 4 rings (SSSR count). The molecule has 3 aromatic rings. The molecule has 0 aliphatic heterocycles. The average molecular weight is 424 g/mol. The lowest BCUT2D eigenvalue weighted by molar-refractivity contribution is 0.0657. The van der Waals surface area contributed by atoms with Crippen molar-refractivity contribution in [1.82, 2.24) is 14.5 Å². The summed E-state index contributed by atoms with van der Waals surface area (Å²) in [6, 6.07) is 13.5. The smallest absolute Gasteiger partial charge is 0.254 e. The van der Waals surface area contributed by atoms with Crippen molar-refractivity contribution in [3.8, 4) is 5.75 Å². The second-order valence-electron chi connectivity index (χ2n) is 7.64. The monoisotopic (exact) mass is 423 g/mol. The van der Waals surface area contributed by atoms with Gasteiger partial charge in [0.25, 0.3) is 5.91 Å². The summed E-state index contributed by atoms with van der Waals surface area (Å²) in [5.41, 5.74) is 2.55. The molecule has 1 aliphatic carbocycles. The van der Waals surface area contributed by atoms with Crippen LogP contribution in [-0.2, 0) is 13.1 Å². The minimum Gasteiger partial charge on any atom is -0.495 e. The number of para-hydroxylation sites is 2. The number of hydrogen-bond acceptors (Lipinski definition) is 3. The van der Waals surface area contributed by atoms with E-state index in [1.54, 1.807) is 25.3 Å². The molecule has 5 nitrogen and oxygen atoms in total. The normalized spacial score (nSPS) is 14.2. The zero-order valence-electron chi connectivity index (χ0n) is 17.2. The van der Waals surface area contributed by atoms with Crippen LogP contribution in [0.15, 0.2) is 55.1 Å². The summed E-state index contributed by atoms with van der Waals surface area (Å²) >= 11 is 6.29. The molecule has 1 aromatic heterocycles. The Morgan fingerprint density at radius 1 is 1.30 bits per heavy atom. The quantitative estimate of drug-likeness (QED) is 0.473. The summed E-state index contributed by atoms with van der Waals surface area (Å²) in [6.45, 7) is 5.00. The number of halogens is 1. The van der Waals surface area contributed by atoms with Crippen LogP contribution < -0.4 is 4.74 Å². The molecule has 156 valence electrons. The van der Waals surface area contributed by atoms with E-state index in [4.69, 9.17) is 21.3 Å². The summed E-state index contributed by atoms with van der Waals surface area (Å²) in [6.07, 6.45) is 6.17. The average Bonchev–Trinajstić information content (AvgIpc) is 3.40. The predicted octanol–water partition coefficient (Wildman–Crippen LogP) is 5.47. The van der Waals surface area contributed by atoms with Gasteiger partial charge in [-0.25, -0.2) is 4.98 Å². The van der Waals surface area contributed by atoms with Crippen molar-refractivity contribution in [2.75, 3.05) is 7.11 Å². The van der Waals surface area contributed by atoms with E-state index < -0.39 is 0 Å². The fourth-order valence-electron chi connectivity index (χ4n) is 4.28. The number of carbonyl (C=O) groups excluding carboxylic acids is 1. The molecule has 30 heavy (non-hydrogen) atoms. The Hall–Kier alpha value is -2.79. The molecule has 0 unspecified atom stereocenters. The Bertz CT molecular complexity index is 1070. The first-order chi connectivity index (χ1) is 14.6. The van der Waals surface area contributed by atoms with Crippen LogP contribution in [0.1, 0.15) is 41.9 Å². The largest absolute Gasteiger partial charge is 0.495 e. The van der Waals surface area contributed by atoms with E-state index in [0.717, 1.165) is 42.5 Å². The third-order valence-electron chi connectivity index (χ3n) is 5.78. The van der Waals surface area contributed by atoms with Crippen molar-refractivity contribution >= 4 is 28.5 Å². The van der Waals surface area contributed by atoms with Crippen LogP contribution in [0.3, 0.4) is 0 Å². The number of methoxy groups -OCH3 is 1. The minimum absolute atomic E-state index is 0.0244. The maximum absolute atomic E-state index is 13.5. The number of fused-ring (bicyclic) bond motifs is 1. The Balaban J connectivity index is 1.71. The summed E-state index contributed by atoms with van der Waals surface area (Å²) in [5.74, 6) is 1.41. The first-order valence-corrected chi connectivity index (χ1v) is 10.7. The molecule has 6 heteroatoms. The predicted molar refractivity (Wildman–Crippen MR) is 120 cm³/mol. The summed E-state index contributed by atoms with van der Waals surface area (Å²) in [7, 11) is 1.57. The minimum atomic E-state index is -0.0244. The van der Waals surface area contributed by atoms with Crippen molar-refractivity contribution in [2.24, 2.45) is 0 Å². The van der Waals surface area contributed by atoms with Gasteiger partial charge in [0.05, 0.1) is 29.7 Å². The first-order valence-electron chi connectivity index (χ1n) is 10.3. The summed E-state index contributed by atoms with van der Waals surface area (Å²) < 4.78 is 7.37. The lowest BCUT2D eigenvalue weighted by Crippen LogP contribution is -2.39. The maximum Gasteiger partial charge on any atom is 0.254 e. The van der Waals surface area contributed by atoms with Gasteiger partial charge in [-0.2, -0.15) is 0 Å². The molecule has 0 spiro atoms. The van der Waals surface area contributed by atoms with Gasteiger partial charge in [0.15, 0.2) is 0 Å². The molecule has 1 amide bonds. The number of carbonyl (C=O) groups is 1. The van der Waals surface area contributed by atoms with Crippen LogP contribution in [0.25, 0.3) is 11.0 Å². The molecule has 0 bridgehead atoms. The number of ether oxygens (including phenoxy) is 1. The molecule has 0 radical (unpaired) electrons. The van der Waals surface area contributed by atoms with E-state index in [1.807, 2.05) is 29.2 Å². The van der Waals surface area contributed by atoms with Gasteiger partial charge in [0, 0.05) is 18.2 Å². The van der Waals surface area contributed by atoms with Crippen LogP contribution in [0.2, 0.25) is 5.02 Å². The van der Waals surface area contributed by atoms with Crippen LogP contribution in [0, 0.1) is 0 Å². The second-order valence-corrected chi connectivity index (χ2v) is 8.04. The highest BCUT2D eigenvalue weighted by atomic mass is 35.5. The fourth-order valence-corrected chi connectivity index (χ4v) is 4.54. The van der Waals surface area contributed by atoms with E-state index in [-0.39, 0.29) is 11.9 Å². The molecule has 0 saturated heterocycles. The molecule has 1 fully saturated rings. The molecule has 1 saturated carbocycles. The van der Waals surface area contributed by atoms with Gasteiger partial charge < -0.3 is 14.2 Å². The van der Waals surface area contributed by atoms with Gasteiger partial charge in [0.2, 0.25) is 0 Å². The zero-order chi connectivity index (χ0) is 21.1.